The number of unbranched alkanes of at least 4 members (excludes halogenated alkanes) is 2. The van der Waals surface area contributed by atoms with Crippen molar-refractivity contribution in [2.45, 2.75) is 116 Å². The Bertz CT molecular complexity index is 1650. The van der Waals surface area contributed by atoms with Crippen LogP contribution in [0, 0.1) is 0 Å². The van der Waals surface area contributed by atoms with Crippen molar-refractivity contribution in [2.75, 3.05) is 20.2 Å². The zero-order chi connectivity index (χ0) is 35.8. The number of phenolic OH excluding ortho intramolecular Hbond substituents is 2. The highest BCUT2D eigenvalue weighted by Crippen LogP contribution is 2.52. The lowest BCUT2D eigenvalue weighted by atomic mass is 9.72. The Kier molecular flexibility index (Phi) is 12.4. The molecule has 0 amide bonds. The normalized spacial score (nSPS) is 26.0. The van der Waals surface area contributed by atoms with E-state index in [0.29, 0.717) is 0 Å². The van der Waals surface area contributed by atoms with Gasteiger partial charge in [-0.05, 0) is 39.7 Å². The van der Waals surface area contributed by atoms with E-state index in [2.05, 4.69) is 18.7 Å². The topological polar surface area (TPSA) is 175 Å². The Morgan fingerprint density at radius 2 is 1.68 bits per heavy atom. The predicted octanol–water partition coefficient (Wildman–Crippen LogP) is 4.81. The van der Waals surface area contributed by atoms with Crippen LogP contribution in [0.15, 0.2) is 23.2 Å². The van der Waals surface area contributed by atoms with Crippen molar-refractivity contribution in [1.29, 1.82) is 0 Å². The number of halogens is 1. The van der Waals surface area contributed by atoms with Gasteiger partial charge in [0.25, 0.3) is 0 Å². The lowest BCUT2D eigenvalue weighted by molar-refractivity contribution is -0.247. The van der Waals surface area contributed by atoms with E-state index in [1.165, 1.54) is 32.2 Å². The van der Waals surface area contributed by atoms with Gasteiger partial charge in [-0.3, -0.25) is 19.4 Å². The number of ether oxygens (including phenoxy) is 3. The van der Waals surface area contributed by atoms with E-state index in [1.807, 2.05) is 6.92 Å². The molecular formula is C37H49ClN2O10. The minimum absolute atomic E-state index is 0. The number of methoxy groups -OCH3 is 1. The summed E-state index contributed by atoms with van der Waals surface area (Å²) in [4.78, 5) is 47.6. The number of nitrogens with zero attached hydrogens (tertiary/aromatic N) is 2. The molecule has 0 radical (unpaired) electrons. The zero-order valence-electron chi connectivity index (χ0n) is 29.5. The van der Waals surface area contributed by atoms with Crippen molar-refractivity contribution >= 4 is 35.6 Å². The van der Waals surface area contributed by atoms with Crippen LogP contribution < -0.4 is 4.74 Å². The highest BCUT2D eigenvalue weighted by Gasteiger charge is 2.49. The first-order valence-electron chi connectivity index (χ1n) is 17.2. The fourth-order valence-electron chi connectivity index (χ4n) is 7.18. The molecule has 2 aromatic rings. The second-order valence-corrected chi connectivity index (χ2v) is 13.4. The number of Topliss-reactive ketones (excluding diaryl/α,β-unsaturated/α-hetero) is 1. The number of ketones is 3. The van der Waals surface area contributed by atoms with Gasteiger partial charge in [0.1, 0.15) is 29.0 Å². The van der Waals surface area contributed by atoms with Crippen molar-refractivity contribution in [3.8, 4) is 17.2 Å². The quantitative estimate of drug-likeness (QED) is 0.122. The van der Waals surface area contributed by atoms with Crippen molar-refractivity contribution in [3.05, 3.63) is 51.6 Å². The van der Waals surface area contributed by atoms with Crippen LogP contribution >= 0.6 is 12.4 Å². The number of phenols is 2. The number of hydrogen-bond acceptors (Lipinski definition) is 11. The van der Waals surface area contributed by atoms with Crippen LogP contribution in [-0.2, 0) is 20.7 Å². The van der Waals surface area contributed by atoms with E-state index in [4.69, 9.17) is 19.2 Å². The molecule has 3 aliphatic rings. The Morgan fingerprint density at radius 1 is 1.04 bits per heavy atom. The molecule has 274 valence electrons. The van der Waals surface area contributed by atoms with Crippen LogP contribution in [0.25, 0.3) is 0 Å². The second-order valence-electron chi connectivity index (χ2n) is 13.4. The van der Waals surface area contributed by atoms with Crippen LogP contribution in [0.5, 0.6) is 17.2 Å². The van der Waals surface area contributed by atoms with Crippen molar-refractivity contribution < 1.29 is 49.0 Å². The largest absolute Gasteiger partial charge is 0.507 e. The van der Waals surface area contributed by atoms with Gasteiger partial charge in [0.15, 0.2) is 17.9 Å². The fourth-order valence-corrected chi connectivity index (χ4v) is 7.18. The Morgan fingerprint density at radius 3 is 2.28 bits per heavy atom. The predicted molar refractivity (Wildman–Crippen MR) is 188 cm³/mol. The molecule has 1 saturated heterocycles. The third-order valence-electron chi connectivity index (χ3n) is 10.1. The monoisotopic (exact) mass is 716 g/mol. The summed E-state index contributed by atoms with van der Waals surface area (Å²) in [6.07, 6.45) is -0.474. The van der Waals surface area contributed by atoms with Gasteiger partial charge in [0.05, 0.1) is 47.9 Å². The number of aliphatic hydroxyl groups is 2. The zero-order valence-corrected chi connectivity index (χ0v) is 30.3. The van der Waals surface area contributed by atoms with Gasteiger partial charge in [0, 0.05) is 49.0 Å². The van der Waals surface area contributed by atoms with E-state index in [0.717, 1.165) is 44.6 Å². The first kappa shape index (κ1) is 39.2. The smallest absolute Gasteiger partial charge is 0.202 e. The summed E-state index contributed by atoms with van der Waals surface area (Å²) in [6.45, 7) is 10.8. The first-order chi connectivity index (χ1) is 23.3. The third kappa shape index (κ3) is 7.13. The number of benzene rings is 2. The van der Waals surface area contributed by atoms with E-state index in [-0.39, 0.29) is 53.3 Å². The number of aliphatic imine (C=N–C) groups is 1. The summed E-state index contributed by atoms with van der Waals surface area (Å²) in [5.74, 6) is -2.33. The Hall–Kier alpha value is -3.55. The van der Waals surface area contributed by atoms with Crippen LogP contribution in [0.2, 0.25) is 0 Å². The molecule has 6 atom stereocenters. The maximum absolute atomic E-state index is 13.9. The highest BCUT2D eigenvalue weighted by atomic mass is 35.5. The maximum Gasteiger partial charge on any atom is 0.202 e. The molecule has 0 aromatic heterocycles. The van der Waals surface area contributed by atoms with Gasteiger partial charge in [-0.15, -0.1) is 12.4 Å². The third-order valence-corrected chi connectivity index (χ3v) is 10.1. The molecule has 0 saturated carbocycles. The van der Waals surface area contributed by atoms with Gasteiger partial charge < -0.3 is 39.5 Å². The average Bonchev–Trinajstić information content (AvgIpc) is 3.06. The summed E-state index contributed by atoms with van der Waals surface area (Å²) in [5, 5.41) is 46.0. The average molecular weight is 717 g/mol. The molecule has 0 bridgehead atoms. The molecule has 1 fully saturated rings. The summed E-state index contributed by atoms with van der Waals surface area (Å²) < 4.78 is 17.8. The summed E-state index contributed by atoms with van der Waals surface area (Å²) in [7, 11) is 1.36. The molecule has 4 N–H and O–H groups in total. The minimum atomic E-state index is -2.02. The lowest BCUT2D eigenvalue weighted by Crippen LogP contribution is -2.49. The van der Waals surface area contributed by atoms with Crippen LogP contribution in [0.4, 0.5) is 0 Å². The molecule has 0 spiro atoms. The van der Waals surface area contributed by atoms with E-state index in [9.17, 15) is 34.8 Å². The first-order valence-corrected chi connectivity index (χ1v) is 17.2. The van der Waals surface area contributed by atoms with E-state index >= 15 is 0 Å². The number of aromatic hydroxyl groups is 2. The number of amidine groups is 1. The summed E-state index contributed by atoms with van der Waals surface area (Å²) >= 11 is 0. The van der Waals surface area contributed by atoms with E-state index in [1.54, 1.807) is 6.92 Å². The molecule has 2 aromatic carbocycles. The Balaban J connectivity index is 0.00000562. The number of rotatable bonds is 11. The van der Waals surface area contributed by atoms with Crippen LogP contribution in [0.1, 0.15) is 122 Å². The molecule has 1 aliphatic heterocycles. The van der Waals surface area contributed by atoms with Gasteiger partial charge in [0.2, 0.25) is 5.78 Å². The lowest BCUT2D eigenvalue weighted by Gasteiger charge is -2.42. The Labute approximate surface area is 298 Å². The number of carbonyl (C=O) groups excluding carboxylic acids is 3. The van der Waals surface area contributed by atoms with Crippen LogP contribution in [-0.4, -0.2) is 98.9 Å². The maximum atomic E-state index is 13.9. The van der Waals surface area contributed by atoms with Gasteiger partial charge >= 0.3 is 0 Å². The summed E-state index contributed by atoms with van der Waals surface area (Å²) in [6, 6.07) is 3.88. The number of fused-ring (bicyclic) bond motifs is 3. The standard InChI is InChI=1S/C37H48N2O10.ClH/c1-7-9-14-39(15-10-8-2)21(5)38-24-16-27(48-19(3)32(24)41)49-26-18-37(46,20(4)40)17-23-29(26)36(45)31-30(34(23)43)33(42)22-12-11-13-25(47-6)28(22)35(31)44;/h11-13,19,24,26-27,32,41,43,45-46H,7-10,14-18H2,1-6H3;1H/t19?,24-,26+,27?,32?,37?;/m1./s1. The number of hydrogen-bond donors (Lipinski definition) is 4. The minimum Gasteiger partial charge on any atom is -0.507 e. The number of aliphatic hydroxyl groups excluding tert-OH is 1. The molecule has 1 heterocycles. The molecule has 2 aliphatic carbocycles. The van der Waals surface area contributed by atoms with Gasteiger partial charge in [-0.1, -0.05) is 38.8 Å². The fraction of sp³-hybridized carbons (Fsp3) is 0.568. The van der Waals surface area contributed by atoms with Crippen molar-refractivity contribution in [3.63, 3.8) is 0 Å². The highest BCUT2D eigenvalue weighted by molar-refractivity contribution is 6.31. The molecule has 50 heavy (non-hydrogen) atoms. The van der Waals surface area contributed by atoms with Crippen molar-refractivity contribution in [2.24, 2.45) is 4.99 Å². The van der Waals surface area contributed by atoms with Gasteiger partial charge in [-0.2, -0.15) is 0 Å². The number of carbonyl (C=O) groups is 3. The molecule has 4 unspecified atom stereocenters. The van der Waals surface area contributed by atoms with Crippen molar-refractivity contribution in [1.82, 2.24) is 4.90 Å². The van der Waals surface area contributed by atoms with Crippen LogP contribution in [0.3, 0.4) is 0 Å². The SMILES string of the molecule is CCCCN(CCCC)C(C)=N[C@@H]1CC(O[C@H]2CC(O)(C(C)=O)Cc3c(O)c4c(c(O)c32)C(=O)c2c(OC)cccc2C4=O)OC(C)C1O.Cl. The van der Waals surface area contributed by atoms with Gasteiger partial charge in [-0.25, -0.2) is 0 Å². The summed E-state index contributed by atoms with van der Waals surface area (Å²) in [5.41, 5.74) is -3.01. The molecule has 13 heteroatoms. The molecular weight excluding hydrogens is 668 g/mol. The van der Waals surface area contributed by atoms with E-state index < -0.39 is 82.6 Å². The molecule has 5 rings (SSSR count). The second kappa shape index (κ2) is 15.8. The molecule has 12 nitrogen and oxygen atoms in total.